The van der Waals surface area contributed by atoms with Crippen molar-refractivity contribution in [2.24, 2.45) is 52.3 Å². The predicted octanol–water partition coefficient (Wildman–Crippen LogP) is 4.31. The Labute approximate surface area is 161 Å². The zero-order valence-corrected chi connectivity index (χ0v) is 16.5. The second-order valence-electron chi connectivity index (χ2n) is 11.5. The van der Waals surface area contributed by atoms with E-state index in [0.717, 1.165) is 48.9 Å². The lowest BCUT2D eigenvalue weighted by Gasteiger charge is -2.62. The molecule has 0 aromatic heterocycles. The fraction of sp³-hybridized carbons (Fsp3) is 0.833. The molecule has 0 unspecified atom stereocenters. The monoisotopic (exact) mass is 366 g/mol. The molecule has 0 N–H and O–H groups in total. The summed E-state index contributed by atoms with van der Waals surface area (Å²) < 4.78 is 6.19. The Morgan fingerprint density at radius 1 is 1.00 bits per heavy atom. The third-order valence-electron chi connectivity index (χ3n) is 10.9. The Morgan fingerprint density at radius 3 is 2.70 bits per heavy atom. The zero-order valence-electron chi connectivity index (χ0n) is 16.5. The van der Waals surface area contributed by atoms with Crippen LogP contribution in [0.5, 0.6) is 0 Å². The molecule has 3 nitrogen and oxygen atoms in total. The van der Waals surface area contributed by atoms with Gasteiger partial charge in [0, 0.05) is 24.2 Å². The van der Waals surface area contributed by atoms with Crippen LogP contribution < -0.4 is 0 Å². The summed E-state index contributed by atoms with van der Waals surface area (Å²) in [6, 6.07) is 0. The maximum atomic E-state index is 12.2. The molecule has 1 aliphatic heterocycles. The summed E-state index contributed by atoms with van der Waals surface area (Å²) in [5.41, 5.74) is 1.86. The van der Waals surface area contributed by atoms with E-state index in [1.807, 2.05) is 0 Å². The van der Waals surface area contributed by atoms with Crippen LogP contribution in [0.15, 0.2) is 11.6 Å². The molecule has 1 saturated heterocycles. The van der Waals surface area contributed by atoms with Gasteiger partial charge < -0.3 is 4.74 Å². The van der Waals surface area contributed by atoms with Gasteiger partial charge in [-0.2, -0.15) is 0 Å². The molecular formula is C24H30O3. The molecule has 5 saturated carbocycles. The van der Waals surface area contributed by atoms with Gasteiger partial charge >= 0.3 is 5.97 Å². The average molecular weight is 367 g/mol. The van der Waals surface area contributed by atoms with Crippen LogP contribution in [0.4, 0.5) is 0 Å². The first-order valence-electron chi connectivity index (χ1n) is 11.4. The minimum atomic E-state index is -0.188. The van der Waals surface area contributed by atoms with Crippen LogP contribution in [0.3, 0.4) is 0 Å². The van der Waals surface area contributed by atoms with Gasteiger partial charge in [-0.15, -0.1) is 0 Å². The highest BCUT2D eigenvalue weighted by Crippen LogP contribution is 2.82. The SMILES string of the molecule is C[C@]12CCC(=O)C=C1[C@@H]1C[C@@H]1[C@H]1[C@@H]3[C@@H]4C[C@@H]4[C@]4(C)OC(=O)CC[C@]34CC[C@@H]12. The lowest BCUT2D eigenvalue weighted by atomic mass is 9.44. The van der Waals surface area contributed by atoms with Gasteiger partial charge in [0.05, 0.1) is 0 Å². The smallest absolute Gasteiger partial charge is 0.306 e. The summed E-state index contributed by atoms with van der Waals surface area (Å²) in [6.07, 6.45) is 10.7. The van der Waals surface area contributed by atoms with Crippen LogP contribution >= 0.6 is 0 Å². The lowest BCUT2D eigenvalue weighted by Crippen LogP contribution is -2.60. The molecule has 0 bridgehead atoms. The number of hydrogen-bond donors (Lipinski definition) is 0. The first kappa shape index (κ1) is 15.8. The maximum Gasteiger partial charge on any atom is 0.306 e. The number of rotatable bonds is 0. The maximum absolute atomic E-state index is 12.2. The normalized spacial score (nSPS) is 62.0. The molecular weight excluding hydrogens is 336 g/mol. The van der Waals surface area contributed by atoms with Crippen molar-refractivity contribution in [2.45, 2.75) is 70.8 Å². The highest BCUT2D eigenvalue weighted by Gasteiger charge is 2.80. The summed E-state index contributed by atoms with van der Waals surface area (Å²) in [6.45, 7) is 4.80. The predicted molar refractivity (Wildman–Crippen MR) is 99.5 cm³/mol. The van der Waals surface area contributed by atoms with E-state index in [1.165, 1.54) is 31.3 Å². The van der Waals surface area contributed by atoms with Crippen molar-refractivity contribution in [3.8, 4) is 0 Å². The highest BCUT2D eigenvalue weighted by molar-refractivity contribution is 5.92. The summed E-state index contributed by atoms with van der Waals surface area (Å²) in [7, 11) is 0. The molecule has 6 aliphatic carbocycles. The van der Waals surface area contributed by atoms with Crippen LogP contribution in [-0.2, 0) is 14.3 Å². The number of hydrogen-bond acceptors (Lipinski definition) is 3. The number of carbonyl (C=O) groups is 2. The molecule has 6 fully saturated rings. The minimum absolute atomic E-state index is 0.0486. The highest BCUT2D eigenvalue weighted by atomic mass is 16.6. The molecule has 7 rings (SSSR count). The van der Waals surface area contributed by atoms with Gasteiger partial charge in [0.1, 0.15) is 5.60 Å². The van der Waals surface area contributed by atoms with Gasteiger partial charge in [-0.25, -0.2) is 0 Å². The molecule has 144 valence electrons. The van der Waals surface area contributed by atoms with Crippen molar-refractivity contribution in [1.82, 2.24) is 0 Å². The van der Waals surface area contributed by atoms with Crippen LogP contribution in [0.2, 0.25) is 0 Å². The van der Waals surface area contributed by atoms with Crippen molar-refractivity contribution in [2.75, 3.05) is 0 Å². The number of allylic oxidation sites excluding steroid dienone is 1. The second-order valence-corrected chi connectivity index (χ2v) is 11.5. The van der Waals surface area contributed by atoms with E-state index in [9.17, 15) is 9.59 Å². The first-order valence-corrected chi connectivity index (χ1v) is 11.4. The summed E-state index contributed by atoms with van der Waals surface area (Å²) in [5, 5.41) is 0. The third kappa shape index (κ3) is 1.58. The summed E-state index contributed by atoms with van der Waals surface area (Å²) >= 11 is 0. The Bertz CT molecular complexity index is 827. The van der Waals surface area contributed by atoms with E-state index in [4.69, 9.17) is 4.74 Å². The molecule has 1 heterocycles. The molecule has 0 aromatic rings. The Hall–Kier alpha value is -1.12. The minimum Gasteiger partial charge on any atom is -0.458 e. The van der Waals surface area contributed by atoms with Gasteiger partial charge in [-0.05, 0) is 92.4 Å². The van der Waals surface area contributed by atoms with Gasteiger partial charge in [0.15, 0.2) is 5.78 Å². The van der Waals surface area contributed by atoms with E-state index < -0.39 is 0 Å². The number of ether oxygens (including phenoxy) is 1. The Balaban J connectivity index is 1.35. The largest absolute Gasteiger partial charge is 0.458 e. The third-order valence-corrected chi connectivity index (χ3v) is 10.9. The van der Waals surface area contributed by atoms with E-state index in [1.54, 1.807) is 0 Å². The van der Waals surface area contributed by atoms with E-state index in [0.29, 0.717) is 24.0 Å². The Morgan fingerprint density at radius 2 is 1.85 bits per heavy atom. The van der Waals surface area contributed by atoms with Crippen LogP contribution in [0.25, 0.3) is 0 Å². The van der Waals surface area contributed by atoms with Gasteiger partial charge in [0.2, 0.25) is 0 Å². The number of ketones is 1. The topological polar surface area (TPSA) is 43.4 Å². The van der Waals surface area contributed by atoms with E-state index in [2.05, 4.69) is 19.9 Å². The quantitative estimate of drug-likeness (QED) is 0.600. The van der Waals surface area contributed by atoms with Crippen molar-refractivity contribution < 1.29 is 14.3 Å². The lowest BCUT2D eigenvalue weighted by molar-refractivity contribution is -0.212. The number of carbonyl (C=O) groups excluding carboxylic acids is 2. The number of esters is 1. The fourth-order valence-corrected chi connectivity index (χ4v) is 9.78. The van der Waals surface area contributed by atoms with Crippen molar-refractivity contribution >= 4 is 11.8 Å². The summed E-state index contributed by atoms with van der Waals surface area (Å²) in [5.74, 6) is 5.67. The van der Waals surface area contributed by atoms with Gasteiger partial charge in [0.25, 0.3) is 0 Å². The van der Waals surface area contributed by atoms with Crippen molar-refractivity contribution in [3.63, 3.8) is 0 Å². The molecule has 10 atom stereocenters. The summed E-state index contributed by atoms with van der Waals surface area (Å²) in [4.78, 5) is 24.4. The zero-order chi connectivity index (χ0) is 18.3. The van der Waals surface area contributed by atoms with Gasteiger partial charge in [-0.1, -0.05) is 12.5 Å². The molecule has 0 aromatic carbocycles. The molecule has 27 heavy (non-hydrogen) atoms. The Kier molecular flexibility index (Phi) is 2.56. The number of fused-ring (bicyclic) bond motifs is 10. The van der Waals surface area contributed by atoms with Crippen LogP contribution in [0, 0.1) is 52.3 Å². The molecule has 1 spiro atoms. The van der Waals surface area contributed by atoms with Crippen molar-refractivity contribution in [3.05, 3.63) is 11.6 Å². The van der Waals surface area contributed by atoms with Crippen LogP contribution in [-0.4, -0.2) is 17.4 Å². The molecule has 0 radical (unpaired) electrons. The standard InChI is InChI=1S/C24H30O3/c1-22-6-3-12(25)9-17(22)13-10-14(13)20-16(22)4-7-24-8-5-19(26)27-23(24,2)18-11-15(18)21(20)24/h9,13-16,18,20-21H,3-8,10-11H2,1-2H3/t13-,14+,15-,16+,18+,20-,21+,22-,23+,24-/m1/s1. The fourth-order valence-electron chi connectivity index (χ4n) is 9.78. The van der Waals surface area contributed by atoms with E-state index in [-0.39, 0.29) is 22.4 Å². The van der Waals surface area contributed by atoms with Crippen LogP contribution in [0.1, 0.15) is 65.2 Å². The van der Waals surface area contributed by atoms with Gasteiger partial charge in [-0.3, -0.25) is 9.59 Å². The average Bonchev–Trinajstić information content (AvgIpc) is 3.52. The van der Waals surface area contributed by atoms with Crippen molar-refractivity contribution in [1.29, 1.82) is 0 Å². The molecule has 7 aliphatic rings. The first-order chi connectivity index (χ1) is 12.9. The second kappa shape index (κ2) is 4.39. The molecule has 0 amide bonds. The van der Waals surface area contributed by atoms with E-state index >= 15 is 0 Å². The molecule has 3 heteroatoms.